The number of fused-ring (bicyclic) bond motifs is 1. The first kappa shape index (κ1) is 11.8. The molecule has 0 radical (unpaired) electrons. The summed E-state index contributed by atoms with van der Waals surface area (Å²) in [5, 5.41) is 4.93. The Morgan fingerprint density at radius 1 is 1.50 bits per heavy atom. The van der Waals surface area contributed by atoms with E-state index in [9.17, 15) is 0 Å². The van der Waals surface area contributed by atoms with Gasteiger partial charge in [-0.2, -0.15) is 5.10 Å². The van der Waals surface area contributed by atoms with E-state index in [0.29, 0.717) is 10.9 Å². The largest absolute Gasteiger partial charge is 0.322 e. The third-order valence-electron chi connectivity index (χ3n) is 3.78. The second-order valence-corrected chi connectivity index (χ2v) is 5.14. The van der Waals surface area contributed by atoms with Crippen LogP contribution in [0.25, 0.3) is 0 Å². The van der Waals surface area contributed by atoms with E-state index in [-0.39, 0.29) is 6.04 Å². The molecule has 0 fully saturated rings. The zero-order valence-electron chi connectivity index (χ0n) is 10.3. The molecule has 3 nitrogen and oxygen atoms in total. The van der Waals surface area contributed by atoms with E-state index >= 15 is 0 Å². The van der Waals surface area contributed by atoms with Crippen LogP contribution in [-0.2, 0) is 13.0 Å². The number of nitrogens with zero attached hydrogens (tertiary/aromatic N) is 2. The maximum atomic E-state index is 6.39. The molecule has 1 aliphatic rings. The second kappa shape index (κ2) is 4.41. The van der Waals surface area contributed by atoms with Gasteiger partial charge in [0.1, 0.15) is 0 Å². The Morgan fingerprint density at radius 3 is 3.00 bits per heavy atom. The van der Waals surface area contributed by atoms with Crippen LogP contribution in [0.2, 0.25) is 5.02 Å². The fourth-order valence-corrected chi connectivity index (χ4v) is 3.03. The van der Waals surface area contributed by atoms with Crippen LogP contribution in [-0.4, -0.2) is 9.78 Å². The highest BCUT2D eigenvalue weighted by Crippen LogP contribution is 2.43. The minimum atomic E-state index is -0.0742. The van der Waals surface area contributed by atoms with Crippen LogP contribution >= 0.6 is 11.6 Å². The second-order valence-electron chi connectivity index (χ2n) is 4.73. The fourth-order valence-electron chi connectivity index (χ4n) is 2.76. The average Bonchev–Trinajstić information content (AvgIpc) is 2.72. The lowest BCUT2D eigenvalue weighted by atomic mass is 9.73. The molecule has 1 aromatic carbocycles. The van der Waals surface area contributed by atoms with E-state index in [1.807, 2.05) is 11.6 Å². The molecule has 0 spiro atoms. The Bertz CT molecular complexity index is 576. The molecule has 2 atom stereocenters. The summed E-state index contributed by atoms with van der Waals surface area (Å²) < 4.78 is 1.90. The number of hydrogen-bond acceptors (Lipinski definition) is 2. The maximum Gasteiger partial charge on any atom is 0.0834 e. The van der Waals surface area contributed by atoms with E-state index in [2.05, 4.69) is 29.4 Å². The molecule has 2 N–H and O–H groups in total. The average molecular weight is 262 g/mol. The van der Waals surface area contributed by atoms with Gasteiger partial charge >= 0.3 is 0 Å². The van der Waals surface area contributed by atoms with Gasteiger partial charge in [-0.15, -0.1) is 0 Å². The number of hydrogen-bond donors (Lipinski definition) is 1. The van der Waals surface area contributed by atoms with Crippen LogP contribution in [0.5, 0.6) is 0 Å². The molecule has 2 unspecified atom stereocenters. The summed E-state index contributed by atoms with van der Waals surface area (Å²) in [6.07, 6.45) is 2.72. The monoisotopic (exact) mass is 261 g/mol. The first-order valence-corrected chi connectivity index (χ1v) is 6.64. The summed E-state index contributed by atoms with van der Waals surface area (Å²) in [6, 6.07) is 8.39. The number of aryl methyl sites for hydroxylation is 1. The minimum Gasteiger partial charge on any atom is -0.322 e. The predicted molar refractivity (Wildman–Crippen MR) is 72.7 cm³/mol. The van der Waals surface area contributed by atoms with Crippen molar-refractivity contribution in [3.05, 3.63) is 52.3 Å². The number of aromatic nitrogens is 2. The summed E-state index contributed by atoms with van der Waals surface area (Å²) in [6.45, 7) is 2.85. The van der Waals surface area contributed by atoms with Crippen molar-refractivity contribution >= 4 is 11.6 Å². The smallest absolute Gasteiger partial charge is 0.0834 e. The SMILES string of the molecule is CCn1ncc(Cl)c1C(N)C1Cc2ccccc21. The van der Waals surface area contributed by atoms with Crippen LogP contribution in [0.1, 0.15) is 35.7 Å². The standard InChI is InChI=1S/C14H16ClN3/c1-2-18-14(12(15)8-17-18)13(16)11-7-9-5-3-4-6-10(9)11/h3-6,8,11,13H,2,7,16H2,1H3. The Hall–Kier alpha value is -1.32. The highest BCUT2D eigenvalue weighted by molar-refractivity contribution is 6.31. The van der Waals surface area contributed by atoms with Gasteiger partial charge in [0, 0.05) is 12.5 Å². The van der Waals surface area contributed by atoms with Crippen molar-refractivity contribution < 1.29 is 0 Å². The molecular weight excluding hydrogens is 246 g/mol. The lowest BCUT2D eigenvalue weighted by Crippen LogP contribution is -2.30. The molecule has 1 aliphatic carbocycles. The third-order valence-corrected chi connectivity index (χ3v) is 4.07. The minimum absolute atomic E-state index is 0.0742. The van der Waals surface area contributed by atoms with Gasteiger partial charge in [-0.25, -0.2) is 0 Å². The van der Waals surface area contributed by atoms with Crippen LogP contribution in [0, 0.1) is 0 Å². The quantitative estimate of drug-likeness (QED) is 0.923. The first-order chi connectivity index (χ1) is 8.72. The molecule has 2 aromatic rings. The molecule has 0 saturated carbocycles. The Kier molecular flexibility index (Phi) is 2.88. The normalized spacial score (nSPS) is 19.2. The van der Waals surface area contributed by atoms with Crippen molar-refractivity contribution in [2.75, 3.05) is 0 Å². The van der Waals surface area contributed by atoms with Crippen LogP contribution < -0.4 is 5.73 Å². The summed E-state index contributed by atoms with van der Waals surface area (Å²) in [4.78, 5) is 0. The fraction of sp³-hybridized carbons (Fsp3) is 0.357. The van der Waals surface area contributed by atoms with Crippen LogP contribution in [0.3, 0.4) is 0 Å². The zero-order chi connectivity index (χ0) is 12.7. The number of benzene rings is 1. The maximum absolute atomic E-state index is 6.39. The van der Waals surface area contributed by atoms with Crippen molar-refractivity contribution in [2.45, 2.75) is 31.8 Å². The topological polar surface area (TPSA) is 43.8 Å². The lowest BCUT2D eigenvalue weighted by molar-refractivity contribution is 0.461. The lowest BCUT2D eigenvalue weighted by Gasteiger charge is -2.35. The molecule has 1 aromatic heterocycles. The highest BCUT2D eigenvalue weighted by Gasteiger charge is 2.34. The van der Waals surface area contributed by atoms with Gasteiger partial charge in [0.15, 0.2) is 0 Å². The van der Waals surface area contributed by atoms with Crippen molar-refractivity contribution in [3.63, 3.8) is 0 Å². The molecule has 94 valence electrons. The first-order valence-electron chi connectivity index (χ1n) is 6.27. The van der Waals surface area contributed by atoms with Gasteiger partial charge in [0.25, 0.3) is 0 Å². The van der Waals surface area contributed by atoms with Crippen molar-refractivity contribution in [1.29, 1.82) is 0 Å². The highest BCUT2D eigenvalue weighted by atomic mass is 35.5. The Balaban J connectivity index is 1.93. The van der Waals surface area contributed by atoms with Gasteiger partial charge < -0.3 is 5.73 Å². The van der Waals surface area contributed by atoms with Gasteiger partial charge in [-0.3, -0.25) is 4.68 Å². The van der Waals surface area contributed by atoms with Crippen LogP contribution in [0.4, 0.5) is 0 Å². The van der Waals surface area contributed by atoms with E-state index in [1.165, 1.54) is 11.1 Å². The zero-order valence-corrected chi connectivity index (χ0v) is 11.1. The van der Waals surface area contributed by atoms with E-state index in [4.69, 9.17) is 17.3 Å². The summed E-state index contributed by atoms with van der Waals surface area (Å²) in [7, 11) is 0. The molecular formula is C14H16ClN3. The molecule has 18 heavy (non-hydrogen) atoms. The van der Waals surface area contributed by atoms with Gasteiger partial charge in [-0.05, 0) is 24.5 Å². The summed E-state index contributed by atoms with van der Waals surface area (Å²) in [5.41, 5.74) is 10.1. The molecule has 3 rings (SSSR count). The Labute approximate surface area is 112 Å². The van der Waals surface area contributed by atoms with Gasteiger partial charge in [-0.1, -0.05) is 35.9 Å². The van der Waals surface area contributed by atoms with E-state index in [0.717, 1.165) is 18.7 Å². The van der Waals surface area contributed by atoms with Gasteiger partial charge in [0.2, 0.25) is 0 Å². The van der Waals surface area contributed by atoms with Gasteiger partial charge in [0.05, 0.1) is 23.0 Å². The third kappa shape index (κ3) is 1.66. The molecule has 0 amide bonds. The van der Waals surface area contributed by atoms with Crippen molar-refractivity contribution in [1.82, 2.24) is 9.78 Å². The van der Waals surface area contributed by atoms with Crippen LogP contribution in [0.15, 0.2) is 30.5 Å². The molecule has 1 heterocycles. The number of rotatable bonds is 3. The molecule has 4 heteroatoms. The molecule has 0 saturated heterocycles. The summed E-state index contributed by atoms with van der Waals surface area (Å²) >= 11 is 6.21. The molecule has 0 bridgehead atoms. The predicted octanol–water partition coefficient (Wildman–Crippen LogP) is 2.90. The number of halogens is 1. The van der Waals surface area contributed by atoms with E-state index < -0.39 is 0 Å². The molecule has 0 aliphatic heterocycles. The summed E-state index contributed by atoms with van der Waals surface area (Å²) in [5.74, 6) is 0.362. The van der Waals surface area contributed by atoms with Crippen molar-refractivity contribution in [2.24, 2.45) is 5.73 Å². The Morgan fingerprint density at radius 2 is 2.28 bits per heavy atom. The van der Waals surface area contributed by atoms with Crippen molar-refractivity contribution in [3.8, 4) is 0 Å². The number of nitrogens with two attached hydrogens (primary N) is 1. The van der Waals surface area contributed by atoms with E-state index in [1.54, 1.807) is 6.20 Å².